The number of esters is 1. The smallest absolute Gasteiger partial charge is 0.305 e. The molecule has 20 heavy (non-hydrogen) atoms. The SMILES string of the molecule is COC(=O)CCc1csc(NCC2C(C)(C)C2(C)C)n1. The number of aryl methyl sites for hydroxylation is 1. The van der Waals surface area contributed by atoms with Crippen LogP contribution in [-0.2, 0) is 16.0 Å². The van der Waals surface area contributed by atoms with E-state index in [1.165, 1.54) is 7.11 Å². The Morgan fingerprint density at radius 3 is 2.60 bits per heavy atom. The molecule has 1 saturated carbocycles. The summed E-state index contributed by atoms with van der Waals surface area (Å²) in [6.45, 7) is 10.3. The fraction of sp³-hybridized carbons (Fsp3) is 0.733. The van der Waals surface area contributed by atoms with Gasteiger partial charge in [-0.1, -0.05) is 27.7 Å². The zero-order valence-corrected chi connectivity index (χ0v) is 13.8. The number of ether oxygens (including phenoxy) is 1. The molecule has 0 aliphatic heterocycles. The molecular formula is C15H24N2O2S. The van der Waals surface area contributed by atoms with Crippen molar-refractivity contribution in [3.63, 3.8) is 0 Å². The monoisotopic (exact) mass is 296 g/mol. The number of thiazole rings is 1. The fourth-order valence-corrected chi connectivity index (χ4v) is 3.62. The Hall–Kier alpha value is -1.10. The van der Waals surface area contributed by atoms with Gasteiger partial charge in [-0.3, -0.25) is 4.79 Å². The van der Waals surface area contributed by atoms with E-state index in [2.05, 4.69) is 42.7 Å². The van der Waals surface area contributed by atoms with Crippen molar-refractivity contribution in [1.29, 1.82) is 0 Å². The average Bonchev–Trinajstić information content (AvgIpc) is 2.75. The first-order valence-electron chi connectivity index (χ1n) is 7.04. The summed E-state index contributed by atoms with van der Waals surface area (Å²) in [5.41, 5.74) is 1.74. The quantitative estimate of drug-likeness (QED) is 0.818. The van der Waals surface area contributed by atoms with E-state index in [0.717, 1.165) is 17.4 Å². The molecule has 0 aromatic carbocycles. The van der Waals surface area contributed by atoms with Crippen molar-refractivity contribution in [2.75, 3.05) is 19.0 Å². The van der Waals surface area contributed by atoms with Crippen LogP contribution in [0.25, 0.3) is 0 Å². The molecule has 0 amide bonds. The highest BCUT2D eigenvalue weighted by Crippen LogP contribution is 2.68. The summed E-state index contributed by atoms with van der Waals surface area (Å²) in [7, 11) is 1.41. The molecule has 1 heterocycles. The molecule has 0 saturated heterocycles. The molecular weight excluding hydrogens is 272 g/mol. The van der Waals surface area contributed by atoms with E-state index in [9.17, 15) is 4.79 Å². The van der Waals surface area contributed by atoms with Gasteiger partial charge in [0, 0.05) is 18.3 Å². The first kappa shape index (κ1) is 15.3. The number of hydrogen-bond acceptors (Lipinski definition) is 5. The summed E-state index contributed by atoms with van der Waals surface area (Å²) >= 11 is 1.60. The van der Waals surface area contributed by atoms with E-state index in [1.807, 2.05) is 5.38 Å². The lowest BCUT2D eigenvalue weighted by Crippen LogP contribution is -2.08. The summed E-state index contributed by atoms with van der Waals surface area (Å²) in [5.74, 6) is 0.492. The lowest BCUT2D eigenvalue weighted by atomic mass is 10.0. The highest BCUT2D eigenvalue weighted by atomic mass is 32.1. The first-order valence-corrected chi connectivity index (χ1v) is 7.92. The fourth-order valence-electron chi connectivity index (χ4n) is 2.87. The lowest BCUT2D eigenvalue weighted by molar-refractivity contribution is -0.140. The molecule has 0 spiro atoms. The van der Waals surface area contributed by atoms with E-state index in [-0.39, 0.29) is 5.97 Å². The molecule has 1 fully saturated rings. The standard InChI is InChI=1S/C15H24N2O2S/c1-14(2)11(15(14,3)4)8-16-13-17-10(9-20-13)6-7-12(18)19-5/h9,11H,6-8H2,1-5H3,(H,16,17). The third-order valence-corrected chi connectivity index (χ3v) is 5.99. The minimum absolute atomic E-state index is 0.186. The van der Waals surface area contributed by atoms with Crippen molar-refractivity contribution >= 4 is 22.4 Å². The second-order valence-corrected chi connectivity index (χ2v) is 7.46. The molecule has 0 unspecified atom stereocenters. The zero-order chi connectivity index (χ0) is 15.0. The Labute approximate surface area is 124 Å². The summed E-state index contributed by atoms with van der Waals surface area (Å²) in [5, 5.41) is 6.39. The Morgan fingerprint density at radius 1 is 1.40 bits per heavy atom. The Bertz CT molecular complexity index is 480. The van der Waals surface area contributed by atoms with Gasteiger partial charge in [-0.05, 0) is 16.7 Å². The number of nitrogens with one attached hydrogen (secondary N) is 1. The first-order chi connectivity index (χ1) is 9.29. The van der Waals surface area contributed by atoms with Crippen LogP contribution in [0, 0.1) is 16.7 Å². The van der Waals surface area contributed by atoms with Gasteiger partial charge in [0.15, 0.2) is 5.13 Å². The van der Waals surface area contributed by atoms with Gasteiger partial charge in [-0.2, -0.15) is 0 Å². The van der Waals surface area contributed by atoms with Crippen LogP contribution in [0.15, 0.2) is 5.38 Å². The molecule has 112 valence electrons. The zero-order valence-electron chi connectivity index (χ0n) is 12.9. The molecule has 1 aliphatic carbocycles. The molecule has 1 aromatic rings. The molecule has 1 aliphatic rings. The van der Waals surface area contributed by atoms with Crippen molar-refractivity contribution in [2.24, 2.45) is 16.7 Å². The third kappa shape index (κ3) is 2.82. The number of aromatic nitrogens is 1. The molecule has 2 rings (SSSR count). The van der Waals surface area contributed by atoms with Gasteiger partial charge in [0.1, 0.15) is 0 Å². The molecule has 0 radical (unpaired) electrons. The van der Waals surface area contributed by atoms with E-state index >= 15 is 0 Å². The van der Waals surface area contributed by atoms with Crippen LogP contribution in [-0.4, -0.2) is 24.6 Å². The van der Waals surface area contributed by atoms with Crippen molar-refractivity contribution in [3.05, 3.63) is 11.1 Å². The highest BCUT2D eigenvalue weighted by molar-refractivity contribution is 7.13. The number of anilines is 1. The van der Waals surface area contributed by atoms with Gasteiger partial charge in [0.05, 0.1) is 19.2 Å². The molecule has 0 atom stereocenters. The van der Waals surface area contributed by atoms with Crippen molar-refractivity contribution in [1.82, 2.24) is 4.98 Å². The third-order valence-electron chi connectivity index (χ3n) is 5.14. The van der Waals surface area contributed by atoms with Crippen LogP contribution in [0.2, 0.25) is 0 Å². The molecule has 0 bridgehead atoms. The van der Waals surface area contributed by atoms with E-state index in [0.29, 0.717) is 29.6 Å². The second kappa shape index (κ2) is 5.35. The van der Waals surface area contributed by atoms with Gasteiger partial charge < -0.3 is 10.1 Å². The van der Waals surface area contributed by atoms with Crippen LogP contribution in [0.3, 0.4) is 0 Å². The number of hydrogen-bond donors (Lipinski definition) is 1. The summed E-state index contributed by atoms with van der Waals surface area (Å²) in [4.78, 5) is 15.6. The van der Waals surface area contributed by atoms with E-state index in [1.54, 1.807) is 11.3 Å². The van der Waals surface area contributed by atoms with E-state index in [4.69, 9.17) is 0 Å². The largest absolute Gasteiger partial charge is 0.469 e. The number of rotatable bonds is 6. The van der Waals surface area contributed by atoms with Crippen molar-refractivity contribution in [3.8, 4) is 0 Å². The average molecular weight is 296 g/mol. The highest BCUT2D eigenvalue weighted by Gasteiger charge is 2.64. The number of carbonyl (C=O) groups excluding carboxylic acids is 1. The summed E-state index contributed by atoms with van der Waals surface area (Å²) in [6.07, 6.45) is 1.04. The maximum absolute atomic E-state index is 11.1. The maximum Gasteiger partial charge on any atom is 0.305 e. The van der Waals surface area contributed by atoms with E-state index < -0.39 is 0 Å². The van der Waals surface area contributed by atoms with Crippen LogP contribution >= 0.6 is 11.3 Å². The Balaban J connectivity index is 1.81. The minimum atomic E-state index is -0.186. The number of methoxy groups -OCH3 is 1. The van der Waals surface area contributed by atoms with Gasteiger partial charge in [-0.15, -0.1) is 11.3 Å². The van der Waals surface area contributed by atoms with Gasteiger partial charge in [-0.25, -0.2) is 4.98 Å². The van der Waals surface area contributed by atoms with Crippen LogP contribution in [0.1, 0.15) is 39.8 Å². The second-order valence-electron chi connectivity index (χ2n) is 6.60. The predicted octanol–water partition coefficient (Wildman–Crippen LogP) is 3.34. The predicted molar refractivity (Wildman–Crippen MR) is 82.0 cm³/mol. The molecule has 1 aromatic heterocycles. The van der Waals surface area contributed by atoms with Crippen molar-refractivity contribution in [2.45, 2.75) is 40.5 Å². The van der Waals surface area contributed by atoms with Crippen LogP contribution in [0.5, 0.6) is 0 Å². The number of carbonyl (C=O) groups is 1. The Morgan fingerprint density at radius 2 is 2.05 bits per heavy atom. The Kier molecular flexibility index (Phi) is 4.09. The topological polar surface area (TPSA) is 51.2 Å². The maximum atomic E-state index is 11.1. The minimum Gasteiger partial charge on any atom is -0.469 e. The molecule has 1 N–H and O–H groups in total. The van der Waals surface area contributed by atoms with Gasteiger partial charge in [0.25, 0.3) is 0 Å². The van der Waals surface area contributed by atoms with Crippen molar-refractivity contribution < 1.29 is 9.53 Å². The van der Waals surface area contributed by atoms with Gasteiger partial charge >= 0.3 is 5.97 Å². The van der Waals surface area contributed by atoms with Crippen LogP contribution in [0.4, 0.5) is 5.13 Å². The van der Waals surface area contributed by atoms with Crippen LogP contribution < -0.4 is 5.32 Å². The summed E-state index contributed by atoms with van der Waals surface area (Å²) in [6, 6.07) is 0. The van der Waals surface area contributed by atoms with Gasteiger partial charge in [0.2, 0.25) is 0 Å². The normalized spacial score (nSPS) is 19.6. The lowest BCUT2D eigenvalue weighted by Gasteiger charge is -2.04. The number of nitrogens with zero attached hydrogens (tertiary/aromatic N) is 1. The molecule has 5 heteroatoms. The summed E-state index contributed by atoms with van der Waals surface area (Å²) < 4.78 is 4.63. The molecule has 4 nitrogen and oxygen atoms in total.